The Labute approximate surface area is 141 Å². The van der Waals surface area contributed by atoms with Crippen LogP contribution in [-0.2, 0) is 11.3 Å². The molecule has 0 aliphatic carbocycles. The number of ether oxygens (including phenoxy) is 1. The minimum absolute atomic E-state index is 0.0484. The fourth-order valence-electron chi connectivity index (χ4n) is 3.05. The molecule has 1 saturated heterocycles. The van der Waals surface area contributed by atoms with Gasteiger partial charge in [0, 0.05) is 18.2 Å². The number of nitrogens with zero attached hydrogens (tertiary/aromatic N) is 1. The number of nitrogens with two attached hydrogens (primary N) is 1. The first kappa shape index (κ1) is 16.5. The largest absolute Gasteiger partial charge is 0.445 e. The zero-order chi connectivity index (χ0) is 16.9. The van der Waals surface area contributed by atoms with Gasteiger partial charge in [0.05, 0.1) is 6.04 Å². The van der Waals surface area contributed by atoms with Crippen molar-refractivity contribution in [3.63, 3.8) is 0 Å². The molecule has 2 atom stereocenters. The van der Waals surface area contributed by atoms with Crippen LogP contribution in [0.2, 0.25) is 0 Å². The highest BCUT2D eigenvalue weighted by Gasteiger charge is 2.33. The molecule has 2 N–H and O–H groups in total. The van der Waals surface area contributed by atoms with E-state index in [2.05, 4.69) is 0 Å². The van der Waals surface area contributed by atoms with Crippen LogP contribution < -0.4 is 5.73 Å². The SMILES string of the molecule is NC1CCN(C(=O)OCc2ccccc2)C(c2ccccc2F)C1. The van der Waals surface area contributed by atoms with E-state index in [9.17, 15) is 9.18 Å². The van der Waals surface area contributed by atoms with Crippen molar-refractivity contribution in [2.75, 3.05) is 6.54 Å². The number of rotatable bonds is 3. The van der Waals surface area contributed by atoms with Crippen LogP contribution in [0.3, 0.4) is 0 Å². The summed E-state index contributed by atoms with van der Waals surface area (Å²) in [5, 5.41) is 0. The van der Waals surface area contributed by atoms with Crippen molar-refractivity contribution >= 4 is 6.09 Å². The first-order chi connectivity index (χ1) is 11.6. The van der Waals surface area contributed by atoms with Gasteiger partial charge in [-0.05, 0) is 24.5 Å². The van der Waals surface area contributed by atoms with Crippen LogP contribution in [0.15, 0.2) is 54.6 Å². The molecule has 0 bridgehead atoms. The van der Waals surface area contributed by atoms with Crippen molar-refractivity contribution in [2.45, 2.75) is 31.5 Å². The van der Waals surface area contributed by atoms with Crippen LogP contribution in [-0.4, -0.2) is 23.6 Å². The molecule has 1 aliphatic rings. The Morgan fingerprint density at radius 1 is 1.17 bits per heavy atom. The Kier molecular flexibility index (Phi) is 5.11. The van der Waals surface area contributed by atoms with E-state index in [1.165, 1.54) is 6.07 Å². The van der Waals surface area contributed by atoms with E-state index in [1.807, 2.05) is 30.3 Å². The third-order valence-corrected chi connectivity index (χ3v) is 4.35. The van der Waals surface area contributed by atoms with E-state index in [1.54, 1.807) is 23.1 Å². The first-order valence-electron chi connectivity index (χ1n) is 8.12. The minimum Gasteiger partial charge on any atom is -0.445 e. The standard InChI is InChI=1S/C19H21FN2O2/c20-17-9-5-4-8-16(17)18-12-15(21)10-11-22(18)19(23)24-13-14-6-2-1-3-7-14/h1-9,15,18H,10-13,21H2. The van der Waals surface area contributed by atoms with Gasteiger partial charge in [-0.2, -0.15) is 0 Å². The maximum absolute atomic E-state index is 14.2. The van der Waals surface area contributed by atoms with E-state index in [4.69, 9.17) is 10.5 Å². The number of hydrogen-bond acceptors (Lipinski definition) is 3. The Morgan fingerprint density at radius 3 is 2.62 bits per heavy atom. The molecular weight excluding hydrogens is 307 g/mol. The van der Waals surface area contributed by atoms with Crippen LogP contribution in [0.4, 0.5) is 9.18 Å². The first-order valence-corrected chi connectivity index (χ1v) is 8.12. The maximum atomic E-state index is 14.2. The normalized spacial score (nSPS) is 20.7. The highest BCUT2D eigenvalue weighted by Crippen LogP contribution is 2.32. The van der Waals surface area contributed by atoms with E-state index >= 15 is 0 Å². The molecule has 3 rings (SSSR count). The number of benzene rings is 2. The monoisotopic (exact) mass is 328 g/mol. The Balaban J connectivity index is 1.74. The van der Waals surface area contributed by atoms with Gasteiger partial charge in [0.25, 0.3) is 0 Å². The van der Waals surface area contributed by atoms with Crippen LogP contribution in [0.5, 0.6) is 0 Å². The molecule has 126 valence electrons. The molecule has 1 fully saturated rings. The summed E-state index contributed by atoms with van der Waals surface area (Å²) in [7, 11) is 0. The van der Waals surface area contributed by atoms with Gasteiger partial charge in [0.15, 0.2) is 0 Å². The summed E-state index contributed by atoms with van der Waals surface area (Å²) >= 11 is 0. The number of hydrogen-bond donors (Lipinski definition) is 1. The fraction of sp³-hybridized carbons (Fsp3) is 0.316. The number of amides is 1. The van der Waals surface area contributed by atoms with Crippen molar-refractivity contribution < 1.29 is 13.9 Å². The summed E-state index contributed by atoms with van der Waals surface area (Å²) in [5.41, 5.74) is 7.45. The van der Waals surface area contributed by atoms with Crippen molar-refractivity contribution in [2.24, 2.45) is 5.73 Å². The van der Waals surface area contributed by atoms with E-state index in [-0.39, 0.29) is 18.5 Å². The summed E-state index contributed by atoms with van der Waals surface area (Å²) in [6.45, 7) is 0.667. The van der Waals surface area contributed by atoms with Gasteiger partial charge in [0.2, 0.25) is 0 Å². The molecule has 2 aromatic rings. The molecule has 2 unspecified atom stereocenters. The Bertz CT molecular complexity index is 693. The van der Waals surface area contributed by atoms with Crippen molar-refractivity contribution in [1.82, 2.24) is 4.90 Å². The molecule has 0 aromatic heterocycles. The maximum Gasteiger partial charge on any atom is 0.410 e. The number of likely N-dealkylation sites (tertiary alicyclic amines) is 1. The summed E-state index contributed by atoms with van der Waals surface area (Å²) in [6.07, 6.45) is 0.784. The molecule has 2 aromatic carbocycles. The van der Waals surface area contributed by atoms with Gasteiger partial charge in [-0.15, -0.1) is 0 Å². The molecule has 0 spiro atoms. The third kappa shape index (κ3) is 3.74. The lowest BCUT2D eigenvalue weighted by atomic mass is 9.92. The quantitative estimate of drug-likeness (QED) is 0.936. The van der Waals surface area contributed by atoms with Crippen molar-refractivity contribution in [3.8, 4) is 0 Å². The Morgan fingerprint density at radius 2 is 1.88 bits per heavy atom. The summed E-state index contributed by atoms with van der Waals surface area (Å²) in [6, 6.07) is 15.6. The summed E-state index contributed by atoms with van der Waals surface area (Å²) in [5.74, 6) is -0.322. The fourth-order valence-corrected chi connectivity index (χ4v) is 3.05. The van der Waals surface area contributed by atoms with Gasteiger partial charge in [-0.1, -0.05) is 48.5 Å². The second-order valence-corrected chi connectivity index (χ2v) is 6.06. The van der Waals surface area contributed by atoms with Gasteiger partial charge >= 0.3 is 6.09 Å². The molecule has 0 radical (unpaired) electrons. The predicted octanol–water partition coefficient (Wildman–Crippen LogP) is 3.63. The minimum atomic E-state index is -0.431. The van der Waals surface area contributed by atoms with Crippen molar-refractivity contribution in [1.29, 1.82) is 0 Å². The number of carbonyl (C=O) groups excluding carboxylic acids is 1. The molecule has 5 heteroatoms. The topological polar surface area (TPSA) is 55.6 Å². The van der Waals surface area contributed by atoms with Crippen LogP contribution in [0.25, 0.3) is 0 Å². The lowest BCUT2D eigenvalue weighted by molar-refractivity contribution is 0.0637. The molecule has 1 aliphatic heterocycles. The van der Waals surface area contributed by atoms with Crippen LogP contribution >= 0.6 is 0 Å². The summed E-state index contributed by atoms with van der Waals surface area (Å²) < 4.78 is 19.6. The highest BCUT2D eigenvalue weighted by atomic mass is 19.1. The molecule has 0 saturated carbocycles. The van der Waals surface area contributed by atoms with E-state index in [0.717, 1.165) is 5.56 Å². The molecule has 4 nitrogen and oxygen atoms in total. The average Bonchev–Trinajstić information content (AvgIpc) is 2.61. The van der Waals surface area contributed by atoms with Crippen LogP contribution in [0, 0.1) is 5.82 Å². The van der Waals surface area contributed by atoms with Crippen molar-refractivity contribution in [3.05, 3.63) is 71.5 Å². The molecular formula is C19H21FN2O2. The molecule has 1 heterocycles. The summed E-state index contributed by atoms with van der Waals surface area (Å²) in [4.78, 5) is 14.1. The van der Waals surface area contributed by atoms with Gasteiger partial charge in [-0.3, -0.25) is 0 Å². The number of piperidine rings is 1. The average molecular weight is 328 g/mol. The number of carbonyl (C=O) groups is 1. The second kappa shape index (κ2) is 7.45. The lowest BCUT2D eigenvalue weighted by Gasteiger charge is -2.38. The molecule has 24 heavy (non-hydrogen) atoms. The van der Waals surface area contributed by atoms with Crippen LogP contribution in [0.1, 0.15) is 30.0 Å². The van der Waals surface area contributed by atoms with Gasteiger partial charge in [-0.25, -0.2) is 9.18 Å². The number of halogens is 1. The highest BCUT2D eigenvalue weighted by molar-refractivity contribution is 5.68. The zero-order valence-electron chi connectivity index (χ0n) is 13.4. The second-order valence-electron chi connectivity index (χ2n) is 6.06. The van der Waals surface area contributed by atoms with Gasteiger partial charge in [0.1, 0.15) is 12.4 Å². The van der Waals surface area contributed by atoms with Gasteiger partial charge < -0.3 is 15.4 Å². The van der Waals surface area contributed by atoms with E-state index in [0.29, 0.717) is 24.9 Å². The lowest BCUT2D eigenvalue weighted by Crippen LogP contribution is -2.45. The van der Waals surface area contributed by atoms with E-state index < -0.39 is 12.1 Å². The third-order valence-electron chi connectivity index (χ3n) is 4.35. The molecule has 1 amide bonds. The zero-order valence-corrected chi connectivity index (χ0v) is 13.4. The predicted molar refractivity (Wildman–Crippen MR) is 89.7 cm³/mol. The Hall–Kier alpha value is -2.40. The smallest absolute Gasteiger partial charge is 0.410 e.